The molecule has 1 fully saturated rings. The highest BCUT2D eigenvalue weighted by atomic mass is 15.1. The lowest BCUT2D eigenvalue weighted by Crippen LogP contribution is -2.09. The molecule has 0 amide bonds. The third-order valence-electron chi connectivity index (χ3n) is 2.42. The summed E-state index contributed by atoms with van der Waals surface area (Å²) in [7, 11) is 3.63. The number of rotatable bonds is 4. The zero-order chi connectivity index (χ0) is 13.8. The molecule has 0 unspecified atom stereocenters. The van der Waals surface area contributed by atoms with Gasteiger partial charge in [0.25, 0.3) is 0 Å². The predicted octanol–water partition coefficient (Wildman–Crippen LogP) is 1.02. The Balaban J connectivity index is 2.40. The summed E-state index contributed by atoms with van der Waals surface area (Å²) in [6.07, 6.45) is 3.66. The molecule has 0 aliphatic heterocycles. The van der Waals surface area contributed by atoms with Gasteiger partial charge in [-0.15, -0.1) is 0 Å². The van der Waals surface area contributed by atoms with Crippen LogP contribution in [0.5, 0.6) is 0 Å². The van der Waals surface area contributed by atoms with Crippen molar-refractivity contribution < 1.29 is 0 Å². The van der Waals surface area contributed by atoms with Crippen LogP contribution in [0.25, 0.3) is 0 Å². The molecule has 1 aromatic heterocycles. The molecule has 0 spiro atoms. The fourth-order valence-electron chi connectivity index (χ4n) is 1.36. The second-order valence-corrected chi connectivity index (χ2v) is 4.44. The van der Waals surface area contributed by atoms with Crippen LogP contribution < -0.4 is 5.32 Å². The van der Waals surface area contributed by atoms with E-state index < -0.39 is 0 Å². The summed E-state index contributed by atoms with van der Waals surface area (Å²) in [4.78, 5) is 14.0. The number of nitrogens with one attached hydrogen (secondary N) is 1. The highest BCUT2D eigenvalue weighted by Crippen LogP contribution is 2.27. The molecule has 1 aliphatic carbocycles. The fraction of sp³-hybridized carbons (Fsp3) is 0.417. The molecule has 19 heavy (non-hydrogen) atoms. The Morgan fingerprint density at radius 1 is 1.26 bits per heavy atom. The third-order valence-corrected chi connectivity index (χ3v) is 2.42. The van der Waals surface area contributed by atoms with Crippen molar-refractivity contribution >= 4 is 18.0 Å². The van der Waals surface area contributed by atoms with Gasteiger partial charge in [-0.2, -0.15) is 10.5 Å². The molecule has 7 heteroatoms. The van der Waals surface area contributed by atoms with E-state index in [4.69, 9.17) is 10.5 Å². The quantitative estimate of drug-likeness (QED) is 0.636. The highest BCUT2D eigenvalue weighted by Gasteiger charge is 2.24. The Morgan fingerprint density at radius 3 is 2.47 bits per heavy atom. The van der Waals surface area contributed by atoms with Gasteiger partial charge in [-0.25, -0.2) is 15.0 Å². The third kappa shape index (κ3) is 3.17. The van der Waals surface area contributed by atoms with Crippen LogP contribution in [0.3, 0.4) is 0 Å². The van der Waals surface area contributed by atoms with Crippen LogP contribution >= 0.6 is 0 Å². The first-order valence-corrected chi connectivity index (χ1v) is 5.83. The Morgan fingerprint density at radius 2 is 1.95 bits per heavy atom. The molecule has 0 aromatic carbocycles. The molecule has 1 aromatic rings. The Hall–Kier alpha value is -2.67. The van der Waals surface area contributed by atoms with E-state index in [-0.39, 0.29) is 17.2 Å². The van der Waals surface area contributed by atoms with Crippen molar-refractivity contribution in [1.29, 1.82) is 10.5 Å². The van der Waals surface area contributed by atoms with Crippen molar-refractivity contribution in [3.8, 4) is 12.1 Å². The molecule has 1 saturated carbocycles. The first-order chi connectivity index (χ1) is 9.13. The van der Waals surface area contributed by atoms with E-state index in [9.17, 15) is 0 Å². The molecule has 0 atom stereocenters. The van der Waals surface area contributed by atoms with Gasteiger partial charge in [-0.3, -0.25) is 0 Å². The number of anilines is 1. The van der Waals surface area contributed by atoms with Crippen molar-refractivity contribution in [3.05, 3.63) is 11.4 Å². The molecule has 2 rings (SSSR count). The standard InChI is InChI=1S/C12H13N7/c1-19(2)7-15-11-9(5-13)17-10(6-14)12(18-11)16-8-3-4-8/h7-8H,3-4H2,1-2H3,(H,16,18). The summed E-state index contributed by atoms with van der Waals surface area (Å²) < 4.78 is 0. The van der Waals surface area contributed by atoms with Gasteiger partial charge in [-0.1, -0.05) is 0 Å². The van der Waals surface area contributed by atoms with Gasteiger partial charge in [0, 0.05) is 20.1 Å². The van der Waals surface area contributed by atoms with Crippen LogP contribution in [0.2, 0.25) is 0 Å². The lowest BCUT2D eigenvalue weighted by atomic mass is 10.3. The van der Waals surface area contributed by atoms with E-state index in [0.717, 1.165) is 12.8 Å². The normalized spacial score (nSPS) is 13.9. The number of aliphatic imine (C=N–C) groups is 1. The van der Waals surface area contributed by atoms with Gasteiger partial charge in [0.15, 0.2) is 23.0 Å². The van der Waals surface area contributed by atoms with Crippen molar-refractivity contribution in [2.24, 2.45) is 4.99 Å². The molecule has 0 saturated heterocycles. The number of nitriles is 2. The SMILES string of the molecule is CN(C)C=Nc1nc(NC2CC2)c(C#N)nc1C#N. The molecule has 1 N–H and O–H groups in total. The Kier molecular flexibility index (Phi) is 3.58. The predicted molar refractivity (Wildman–Crippen MR) is 69.9 cm³/mol. The zero-order valence-electron chi connectivity index (χ0n) is 10.8. The zero-order valence-corrected chi connectivity index (χ0v) is 10.8. The minimum absolute atomic E-state index is 0.0518. The van der Waals surface area contributed by atoms with Gasteiger partial charge in [0.1, 0.15) is 12.1 Å². The first-order valence-electron chi connectivity index (χ1n) is 5.83. The average Bonchev–Trinajstić information content (AvgIpc) is 3.20. The van der Waals surface area contributed by atoms with Gasteiger partial charge in [0.05, 0.1) is 6.34 Å². The number of nitrogens with zero attached hydrogens (tertiary/aromatic N) is 6. The van der Waals surface area contributed by atoms with Crippen LogP contribution in [-0.2, 0) is 0 Å². The number of hydrogen-bond acceptors (Lipinski definition) is 6. The largest absolute Gasteiger partial charge is 0.369 e. The smallest absolute Gasteiger partial charge is 0.192 e. The molecule has 96 valence electrons. The van der Waals surface area contributed by atoms with Crippen LogP contribution in [0.4, 0.5) is 11.6 Å². The maximum atomic E-state index is 9.03. The molecule has 1 heterocycles. The van der Waals surface area contributed by atoms with Gasteiger partial charge < -0.3 is 10.2 Å². The first kappa shape index (κ1) is 12.8. The van der Waals surface area contributed by atoms with Crippen LogP contribution in [0, 0.1) is 22.7 Å². The molecule has 0 bridgehead atoms. The average molecular weight is 255 g/mol. The summed E-state index contributed by atoms with van der Waals surface area (Å²) in [6.45, 7) is 0. The lowest BCUT2D eigenvalue weighted by molar-refractivity contribution is 0.643. The minimum Gasteiger partial charge on any atom is -0.369 e. The number of hydrogen-bond donors (Lipinski definition) is 1. The summed E-state index contributed by atoms with van der Waals surface area (Å²) in [6, 6.07) is 4.20. The highest BCUT2D eigenvalue weighted by molar-refractivity contribution is 5.64. The second-order valence-electron chi connectivity index (χ2n) is 4.44. The van der Waals surface area contributed by atoms with E-state index in [2.05, 4.69) is 20.3 Å². The minimum atomic E-state index is 0.0518. The molecular formula is C12H13N7. The van der Waals surface area contributed by atoms with Crippen molar-refractivity contribution in [1.82, 2.24) is 14.9 Å². The van der Waals surface area contributed by atoms with Crippen LogP contribution in [0.15, 0.2) is 4.99 Å². The van der Waals surface area contributed by atoms with E-state index in [1.165, 1.54) is 6.34 Å². The van der Waals surface area contributed by atoms with Gasteiger partial charge in [0.2, 0.25) is 0 Å². The molecule has 1 aliphatic rings. The number of aromatic nitrogens is 2. The molecule has 7 nitrogen and oxygen atoms in total. The summed E-state index contributed by atoms with van der Waals surface area (Å²) in [5, 5.41) is 21.2. The second kappa shape index (κ2) is 5.32. The molecule has 0 radical (unpaired) electrons. The Labute approximate surface area is 111 Å². The van der Waals surface area contributed by atoms with Crippen molar-refractivity contribution in [2.75, 3.05) is 19.4 Å². The van der Waals surface area contributed by atoms with E-state index in [0.29, 0.717) is 11.9 Å². The summed E-state index contributed by atoms with van der Waals surface area (Å²) in [5.41, 5.74) is 0.184. The Bertz CT molecular complexity index is 587. The van der Waals surface area contributed by atoms with E-state index >= 15 is 0 Å². The van der Waals surface area contributed by atoms with Crippen molar-refractivity contribution in [2.45, 2.75) is 18.9 Å². The molecular weight excluding hydrogens is 242 g/mol. The van der Waals surface area contributed by atoms with Gasteiger partial charge in [-0.05, 0) is 12.8 Å². The lowest BCUT2D eigenvalue weighted by Gasteiger charge is -2.07. The van der Waals surface area contributed by atoms with E-state index in [1.54, 1.807) is 4.90 Å². The van der Waals surface area contributed by atoms with Crippen LogP contribution in [-0.4, -0.2) is 41.3 Å². The van der Waals surface area contributed by atoms with Crippen molar-refractivity contribution in [3.63, 3.8) is 0 Å². The fourth-order valence-corrected chi connectivity index (χ4v) is 1.36. The topological polar surface area (TPSA) is 101 Å². The van der Waals surface area contributed by atoms with Crippen LogP contribution in [0.1, 0.15) is 24.2 Å². The summed E-state index contributed by atoms with van der Waals surface area (Å²) in [5.74, 6) is 0.619. The van der Waals surface area contributed by atoms with E-state index in [1.807, 2.05) is 26.2 Å². The monoisotopic (exact) mass is 255 g/mol. The summed E-state index contributed by atoms with van der Waals surface area (Å²) >= 11 is 0. The van der Waals surface area contributed by atoms with Gasteiger partial charge >= 0.3 is 0 Å². The maximum absolute atomic E-state index is 9.03. The maximum Gasteiger partial charge on any atom is 0.192 e.